The molecule has 0 N–H and O–H groups in total. The second kappa shape index (κ2) is 9.20. The van der Waals surface area contributed by atoms with Crippen molar-refractivity contribution < 1.29 is 17.9 Å². The van der Waals surface area contributed by atoms with Crippen LogP contribution in [0.4, 0.5) is 0 Å². The van der Waals surface area contributed by atoms with Gasteiger partial charge in [0.05, 0.1) is 7.11 Å². The fourth-order valence-electron chi connectivity index (χ4n) is 3.45. The summed E-state index contributed by atoms with van der Waals surface area (Å²) in [4.78, 5) is 11.9. The van der Waals surface area contributed by atoms with Crippen molar-refractivity contribution >= 4 is 21.6 Å². The van der Waals surface area contributed by atoms with Gasteiger partial charge >= 0.3 is 5.97 Å². The van der Waals surface area contributed by atoms with Crippen molar-refractivity contribution in [3.8, 4) is 11.1 Å². The first-order valence-corrected chi connectivity index (χ1v) is 11.0. The van der Waals surface area contributed by atoms with Crippen molar-refractivity contribution in [2.24, 2.45) is 0 Å². The standard InChI is InChI=1S/C23H25NO4S/c1-3-7-22(23(25)28-2)29(26,27)24-16-14-21(15-17-24)20-12-10-19(11-13-20)18-8-5-4-6-9-18/h3-6,8-14,22H,1,7,15-17H2,2H3. The third kappa shape index (κ3) is 4.66. The fourth-order valence-corrected chi connectivity index (χ4v) is 5.16. The number of ether oxygens (including phenoxy) is 1. The van der Waals surface area contributed by atoms with Crippen LogP contribution >= 0.6 is 0 Å². The molecule has 3 rings (SSSR count). The maximum Gasteiger partial charge on any atom is 0.325 e. The molecule has 1 atom stereocenters. The molecule has 6 heteroatoms. The Labute approximate surface area is 172 Å². The van der Waals surface area contributed by atoms with Crippen LogP contribution in [-0.4, -0.2) is 44.1 Å². The molecule has 0 saturated carbocycles. The van der Waals surface area contributed by atoms with Gasteiger partial charge in [0, 0.05) is 13.1 Å². The van der Waals surface area contributed by atoms with Crippen molar-refractivity contribution in [2.45, 2.75) is 18.1 Å². The zero-order valence-electron chi connectivity index (χ0n) is 16.5. The summed E-state index contributed by atoms with van der Waals surface area (Å²) in [5, 5.41) is -1.25. The second-order valence-corrected chi connectivity index (χ2v) is 8.98. The van der Waals surface area contributed by atoms with Gasteiger partial charge in [-0.3, -0.25) is 4.79 Å². The smallest absolute Gasteiger partial charge is 0.325 e. The van der Waals surface area contributed by atoms with E-state index in [1.54, 1.807) is 0 Å². The molecule has 2 aromatic rings. The minimum atomic E-state index is -3.80. The Morgan fingerprint density at radius 2 is 1.72 bits per heavy atom. The molecule has 0 fully saturated rings. The minimum absolute atomic E-state index is 0.0308. The van der Waals surface area contributed by atoms with E-state index in [-0.39, 0.29) is 13.0 Å². The van der Waals surface area contributed by atoms with Crippen LogP contribution in [-0.2, 0) is 19.6 Å². The van der Waals surface area contributed by atoms with Crippen LogP contribution < -0.4 is 0 Å². The van der Waals surface area contributed by atoms with E-state index in [1.165, 1.54) is 17.5 Å². The Bertz CT molecular complexity index is 995. The average molecular weight is 412 g/mol. The highest BCUT2D eigenvalue weighted by molar-refractivity contribution is 7.90. The number of hydrogen-bond donors (Lipinski definition) is 0. The van der Waals surface area contributed by atoms with Gasteiger partial charge < -0.3 is 4.74 Å². The summed E-state index contributed by atoms with van der Waals surface area (Å²) in [6.45, 7) is 4.13. The normalized spacial score (nSPS) is 16.0. The largest absolute Gasteiger partial charge is 0.468 e. The lowest BCUT2D eigenvalue weighted by atomic mass is 9.97. The molecule has 2 aromatic carbocycles. The van der Waals surface area contributed by atoms with Crippen molar-refractivity contribution in [1.29, 1.82) is 0 Å². The molecule has 29 heavy (non-hydrogen) atoms. The highest BCUT2D eigenvalue weighted by Crippen LogP contribution is 2.28. The van der Waals surface area contributed by atoms with E-state index in [0.717, 1.165) is 22.3 Å². The van der Waals surface area contributed by atoms with E-state index in [2.05, 4.69) is 47.7 Å². The summed E-state index contributed by atoms with van der Waals surface area (Å²) in [5.74, 6) is -0.754. The number of esters is 1. The maximum absolute atomic E-state index is 12.9. The number of hydrogen-bond acceptors (Lipinski definition) is 4. The van der Waals surface area contributed by atoms with Crippen LogP contribution in [0.5, 0.6) is 0 Å². The Balaban J connectivity index is 1.75. The SMILES string of the molecule is C=CCC(C(=O)OC)S(=O)(=O)N1CC=C(c2ccc(-c3ccccc3)cc2)CC1. The van der Waals surface area contributed by atoms with Gasteiger partial charge in [0.1, 0.15) is 0 Å². The van der Waals surface area contributed by atoms with Crippen LogP contribution in [0.15, 0.2) is 73.3 Å². The molecule has 0 bridgehead atoms. The topological polar surface area (TPSA) is 63.7 Å². The van der Waals surface area contributed by atoms with Crippen molar-refractivity contribution in [1.82, 2.24) is 4.31 Å². The first-order valence-electron chi connectivity index (χ1n) is 9.50. The van der Waals surface area contributed by atoms with Crippen molar-refractivity contribution in [3.63, 3.8) is 0 Å². The van der Waals surface area contributed by atoms with Crippen LogP contribution in [0, 0.1) is 0 Å². The minimum Gasteiger partial charge on any atom is -0.468 e. The van der Waals surface area contributed by atoms with Crippen LogP contribution in [0.2, 0.25) is 0 Å². The number of sulfonamides is 1. The first-order chi connectivity index (χ1) is 14.0. The monoisotopic (exact) mass is 411 g/mol. The van der Waals surface area contributed by atoms with Crippen LogP contribution in [0.1, 0.15) is 18.4 Å². The Morgan fingerprint density at radius 1 is 1.10 bits per heavy atom. The van der Waals surface area contributed by atoms with E-state index < -0.39 is 21.2 Å². The quantitative estimate of drug-likeness (QED) is 0.512. The van der Waals surface area contributed by atoms with Gasteiger partial charge in [-0.2, -0.15) is 4.31 Å². The van der Waals surface area contributed by atoms with Gasteiger partial charge in [-0.25, -0.2) is 8.42 Å². The van der Waals surface area contributed by atoms with Crippen molar-refractivity contribution in [3.05, 3.63) is 78.9 Å². The predicted molar refractivity (Wildman–Crippen MR) is 116 cm³/mol. The maximum atomic E-state index is 12.9. The van der Waals surface area contributed by atoms with E-state index >= 15 is 0 Å². The molecular formula is C23H25NO4S. The zero-order chi connectivity index (χ0) is 20.9. The molecule has 0 radical (unpaired) electrons. The van der Waals surface area contributed by atoms with Gasteiger partial charge in [0.25, 0.3) is 0 Å². The zero-order valence-corrected chi connectivity index (χ0v) is 17.3. The number of carbonyl (C=O) groups is 1. The molecule has 0 saturated heterocycles. The summed E-state index contributed by atoms with van der Waals surface area (Å²) < 4.78 is 31.8. The number of methoxy groups -OCH3 is 1. The highest BCUT2D eigenvalue weighted by Gasteiger charge is 2.37. The molecule has 1 heterocycles. The van der Waals surface area contributed by atoms with E-state index in [0.29, 0.717) is 13.0 Å². The van der Waals surface area contributed by atoms with Gasteiger partial charge in [-0.05, 0) is 35.1 Å². The summed E-state index contributed by atoms with van der Waals surface area (Å²) in [7, 11) is -2.61. The van der Waals surface area contributed by atoms with E-state index in [4.69, 9.17) is 0 Å². The fraction of sp³-hybridized carbons (Fsp3) is 0.261. The average Bonchev–Trinajstić information content (AvgIpc) is 2.77. The number of nitrogens with zero attached hydrogens (tertiary/aromatic N) is 1. The Hall–Kier alpha value is -2.70. The number of allylic oxidation sites excluding steroid dienone is 1. The lowest BCUT2D eigenvalue weighted by Gasteiger charge is -2.28. The van der Waals surface area contributed by atoms with Gasteiger partial charge in [0.15, 0.2) is 5.25 Å². The van der Waals surface area contributed by atoms with E-state index in [1.807, 2.05) is 24.3 Å². The molecule has 0 aromatic heterocycles. The Morgan fingerprint density at radius 3 is 2.28 bits per heavy atom. The van der Waals surface area contributed by atoms with Crippen LogP contribution in [0.25, 0.3) is 16.7 Å². The molecule has 1 aliphatic rings. The number of rotatable bonds is 7. The molecule has 1 unspecified atom stereocenters. The number of benzene rings is 2. The van der Waals surface area contributed by atoms with Crippen LogP contribution in [0.3, 0.4) is 0 Å². The van der Waals surface area contributed by atoms with Gasteiger partial charge in [-0.15, -0.1) is 6.58 Å². The molecule has 0 amide bonds. The molecule has 0 aliphatic carbocycles. The third-order valence-corrected chi connectivity index (χ3v) is 7.25. The third-order valence-electron chi connectivity index (χ3n) is 5.10. The molecule has 1 aliphatic heterocycles. The lowest BCUT2D eigenvalue weighted by Crippen LogP contribution is -2.44. The highest BCUT2D eigenvalue weighted by atomic mass is 32.2. The predicted octanol–water partition coefficient (Wildman–Crippen LogP) is 3.89. The first kappa shape index (κ1) is 21.0. The molecule has 5 nitrogen and oxygen atoms in total. The molecule has 0 spiro atoms. The van der Waals surface area contributed by atoms with E-state index in [9.17, 15) is 13.2 Å². The Kier molecular flexibility index (Phi) is 6.67. The molecule has 152 valence electrons. The lowest BCUT2D eigenvalue weighted by molar-refractivity contribution is -0.140. The number of carbonyl (C=O) groups excluding carboxylic acids is 1. The summed E-state index contributed by atoms with van der Waals surface area (Å²) in [5.41, 5.74) is 4.48. The summed E-state index contributed by atoms with van der Waals surface area (Å²) in [6.07, 6.45) is 3.97. The van der Waals surface area contributed by atoms with Gasteiger partial charge in [0.2, 0.25) is 10.0 Å². The molecular weight excluding hydrogens is 386 g/mol. The summed E-state index contributed by atoms with van der Waals surface area (Å²) >= 11 is 0. The second-order valence-electron chi connectivity index (χ2n) is 6.86. The summed E-state index contributed by atoms with van der Waals surface area (Å²) in [6, 6.07) is 18.4. The van der Waals surface area contributed by atoms with Crippen molar-refractivity contribution in [2.75, 3.05) is 20.2 Å². The van der Waals surface area contributed by atoms with Gasteiger partial charge in [-0.1, -0.05) is 66.7 Å².